The van der Waals surface area contributed by atoms with Crippen LogP contribution in [0, 0.1) is 17.1 Å². The fraction of sp³-hybridized carbons (Fsp3) is 0.231. The van der Waals surface area contributed by atoms with E-state index in [0.29, 0.717) is 6.42 Å². The van der Waals surface area contributed by atoms with Crippen molar-refractivity contribution in [1.82, 2.24) is 14.5 Å². The third kappa shape index (κ3) is 3.45. The summed E-state index contributed by atoms with van der Waals surface area (Å²) in [6, 6.07) is 5.08. The molecule has 110 valence electrons. The van der Waals surface area contributed by atoms with Gasteiger partial charge in [-0.3, -0.25) is 4.68 Å². The average Bonchev–Trinajstić information content (AvgIpc) is 2.84. The van der Waals surface area contributed by atoms with E-state index in [2.05, 4.69) is 9.82 Å². The van der Waals surface area contributed by atoms with Crippen LogP contribution in [0.15, 0.2) is 35.5 Å². The minimum absolute atomic E-state index is 0.134. The number of halogens is 1. The van der Waals surface area contributed by atoms with Crippen molar-refractivity contribution in [3.63, 3.8) is 0 Å². The molecule has 0 saturated heterocycles. The molecule has 1 N–H and O–H groups in total. The van der Waals surface area contributed by atoms with Crippen molar-refractivity contribution >= 4 is 10.0 Å². The van der Waals surface area contributed by atoms with E-state index >= 15 is 0 Å². The molecule has 1 heterocycles. The lowest BCUT2D eigenvalue weighted by atomic mass is 10.2. The Bertz CT molecular complexity index is 793. The van der Waals surface area contributed by atoms with E-state index in [0.717, 1.165) is 11.6 Å². The summed E-state index contributed by atoms with van der Waals surface area (Å²) in [6.45, 7) is 0.134. The molecule has 0 fully saturated rings. The van der Waals surface area contributed by atoms with Gasteiger partial charge in [0, 0.05) is 19.8 Å². The Hall–Kier alpha value is -2.24. The van der Waals surface area contributed by atoms with Gasteiger partial charge in [-0.05, 0) is 24.1 Å². The van der Waals surface area contributed by atoms with Crippen molar-refractivity contribution in [2.75, 3.05) is 6.54 Å². The van der Waals surface area contributed by atoms with Crippen molar-refractivity contribution in [2.45, 2.75) is 11.3 Å². The Morgan fingerprint density at radius 3 is 2.86 bits per heavy atom. The Labute approximate surface area is 121 Å². The molecule has 0 aliphatic heterocycles. The lowest BCUT2D eigenvalue weighted by Gasteiger charge is -2.08. The van der Waals surface area contributed by atoms with Crippen LogP contribution in [-0.4, -0.2) is 24.7 Å². The maximum Gasteiger partial charge on any atom is 0.242 e. The first-order valence-corrected chi connectivity index (χ1v) is 7.58. The Morgan fingerprint density at radius 1 is 1.48 bits per heavy atom. The molecule has 0 amide bonds. The Morgan fingerprint density at radius 2 is 2.24 bits per heavy atom. The molecule has 0 spiro atoms. The largest absolute Gasteiger partial charge is 0.276 e. The van der Waals surface area contributed by atoms with Gasteiger partial charge in [0.1, 0.15) is 22.3 Å². The molecule has 0 saturated carbocycles. The summed E-state index contributed by atoms with van der Waals surface area (Å²) in [6.07, 6.45) is 3.86. The van der Waals surface area contributed by atoms with Crippen molar-refractivity contribution in [3.8, 4) is 6.07 Å². The van der Waals surface area contributed by atoms with Gasteiger partial charge in [0.2, 0.25) is 10.0 Å². The highest BCUT2D eigenvalue weighted by Crippen LogP contribution is 2.17. The number of nitrogens with one attached hydrogen (secondary N) is 1. The monoisotopic (exact) mass is 308 g/mol. The summed E-state index contributed by atoms with van der Waals surface area (Å²) in [4.78, 5) is -0.351. The first-order valence-electron chi connectivity index (χ1n) is 6.10. The quantitative estimate of drug-likeness (QED) is 0.891. The highest BCUT2D eigenvalue weighted by Gasteiger charge is 2.20. The molecular weight excluding hydrogens is 295 g/mol. The summed E-state index contributed by atoms with van der Waals surface area (Å²) in [5.41, 5.74) is 0.395. The number of aryl methyl sites for hydroxylation is 1. The van der Waals surface area contributed by atoms with Crippen LogP contribution < -0.4 is 4.72 Å². The molecule has 21 heavy (non-hydrogen) atoms. The number of hydrogen-bond donors (Lipinski definition) is 1. The molecule has 0 aliphatic carbocycles. The molecule has 1 aromatic heterocycles. The molecule has 0 aliphatic rings. The Balaban J connectivity index is 2.12. The van der Waals surface area contributed by atoms with Crippen molar-refractivity contribution in [2.24, 2.45) is 7.05 Å². The van der Waals surface area contributed by atoms with Crippen LogP contribution >= 0.6 is 0 Å². The van der Waals surface area contributed by atoms with E-state index in [9.17, 15) is 12.8 Å². The number of hydrogen-bond acceptors (Lipinski definition) is 4. The second-order valence-electron chi connectivity index (χ2n) is 4.39. The number of rotatable bonds is 5. The minimum Gasteiger partial charge on any atom is -0.276 e. The predicted molar refractivity (Wildman–Crippen MR) is 73.2 cm³/mol. The number of benzene rings is 1. The third-order valence-corrected chi connectivity index (χ3v) is 4.34. The summed E-state index contributed by atoms with van der Waals surface area (Å²) in [7, 11) is -2.17. The topological polar surface area (TPSA) is 87.8 Å². The zero-order valence-electron chi connectivity index (χ0n) is 11.2. The molecule has 0 radical (unpaired) electrons. The van der Waals surface area contributed by atoms with Gasteiger partial charge in [-0.25, -0.2) is 17.5 Å². The molecule has 1 aromatic carbocycles. The molecule has 0 bridgehead atoms. The molecule has 6 nitrogen and oxygen atoms in total. The van der Waals surface area contributed by atoms with E-state index in [4.69, 9.17) is 5.26 Å². The lowest BCUT2D eigenvalue weighted by Crippen LogP contribution is -2.26. The predicted octanol–water partition coefficient (Wildman–Crippen LogP) is 0.952. The van der Waals surface area contributed by atoms with Gasteiger partial charge in [0.05, 0.1) is 6.20 Å². The van der Waals surface area contributed by atoms with Crippen LogP contribution in [0.4, 0.5) is 4.39 Å². The summed E-state index contributed by atoms with van der Waals surface area (Å²) < 4.78 is 41.6. The van der Waals surface area contributed by atoms with E-state index < -0.39 is 21.4 Å². The molecule has 0 unspecified atom stereocenters. The van der Waals surface area contributed by atoms with Gasteiger partial charge >= 0.3 is 0 Å². The van der Waals surface area contributed by atoms with Crippen LogP contribution in [0.2, 0.25) is 0 Å². The van der Waals surface area contributed by atoms with Crippen molar-refractivity contribution in [3.05, 3.63) is 47.5 Å². The van der Waals surface area contributed by atoms with Gasteiger partial charge in [-0.2, -0.15) is 10.4 Å². The molecular formula is C13H13FN4O2S. The fourth-order valence-corrected chi connectivity index (χ4v) is 3.04. The fourth-order valence-electron chi connectivity index (χ4n) is 1.85. The standard InChI is InChI=1S/C13H13FN4O2S/c1-18-9-10(8-16-18)5-6-17-21(19,20)13-4-2-3-12(14)11(13)7-15/h2-4,8-9,17H,5-6H2,1H3. The van der Waals surface area contributed by atoms with Gasteiger partial charge in [0.25, 0.3) is 0 Å². The van der Waals surface area contributed by atoms with Crippen LogP contribution in [0.1, 0.15) is 11.1 Å². The summed E-state index contributed by atoms with van der Waals surface area (Å²) >= 11 is 0. The summed E-state index contributed by atoms with van der Waals surface area (Å²) in [5.74, 6) is -0.854. The van der Waals surface area contributed by atoms with Gasteiger partial charge in [-0.1, -0.05) is 6.07 Å². The summed E-state index contributed by atoms with van der Waals surface area (Å²) in [5, 5.41) is 12.9. The smallest absolute Gasteiger partial charge is 0.242 e. The first kappa shape index (κ1) is 15.2. The Kier molecular flexibility index (Phi) is 4.35. The van der Waals surface area contributed by atoms with Gasteiger partial charge < -0.3 is 0 Å². The van der Waals surface area contributed by atoms with Crippen LogP contribution in [0.25, 0.3) is 0 Å². The second kappa shape index (κ2) is 6.03. The third-order valence-electron chi connectivity index (χ3n) is 2.84. The number of aromatic nitrogens is 2. The minimum atomic E-state index is -3.93. The van der Waals surface area contributed by atoms with Gasteiger partial charge in [0.15, 0.2) is 0 Å². The van der Waals surface area contributed by atoms with Gasteiger partial charge in [-0.15, -0.1) is 0 Å². The SMILES string of the molecule is Cn1cc(CCNS(=O)(=O)c2cccc(F)c2C#N)cn1. The van der Waals surface area contributed by atoms with E-state index in [1.165, 1.54) is 12.1 Å². The van der Waals surface area contributed by atoms with E-state index in [1.54, 1.807) is 30.2 Å². The molecule has 8 heteroatoms. The highest BCUT2D eigenvalue weighted by atomic mass is 32.2. The zero-order chi connectivity index (χ0) is 15.5. The van der Waals surface area contributed by atoms with Crippen molar-refractivity contribution in [1.29, 1.82) is 5.26 Å². The number of nitriles is 1. The average molecular weight is 308 g/mol. The highest BCUT2D eigenvalue weighted by molar-refractivity contribution is 7.89. The van der Waals surface area contributed by atoms with E-state index in [1.807, 2.05) is 0 Å². The van der Waals surface area contributed by atoms with Crippen LogP contribution in [0.3, 0.4) is 0 Å². The molecule has 2 rings (SSSR count). The second-order valence-corrected chi connectivity index (χ2v) is 6.13. The first-order chi connectivity index (χ1) is 9.94. The van der Waals surface area contributed by atoms with Crippen LogP contribution in [-0.2, 0) is 23.5 Å². The van der Waals surface area contributed by atoms with E-state index in [-0.39, 0.29) is 11.4 Å². The zero-order valence-corrected chi connectivity index (χ0v) is 12.1. The normalized spacial score (nSPS) is 11.3. The molecule has 2 aromatic rings. The maximum absolute atomic E-state index is 13.4. The van der Waals surface area contributed by atoms with Crippen LogP contribution in [0.5, 0.6) is 0 Å². The molecule has 0 atom stereocenters. The lowest BCUT2D eigenvalue weighted by molar-refractivity contribution is 0.576. The maximum atomic E-state index is 13.4. The van der Waals surface area contributed by atoms with Crippen molar-refractivity contribution < 1.29 is 12.8 Å². The number of sulfonamides is 1. The number of nitrogens with zero attached hydrogens (tertiary/aromatic N) is 3.